The monoisotopic (exact) mass is 237 g/mol. The molecule has 0 aliphatic carbocycles. The van der Waals surface area contributed by atoms with Crippen molar-refractivity contribution in [1.29, 1.82) is 0 Å². The van der Waals surface area contributed by atoms with Gasteiger partial charge in [0.05, 0.1) is 0 Å². The Balaban J connectivity index is 1.99. The van der Waals surface area contributed by atoms with E-state index in [-0.39, 0.29) is 5.54 Å². The third-order valence-electron chi connectivity index (χ3n) is 3.98. The highest BCUT2D eigenvalue weighted by atomic mass is 15.0. The molecule has 0 radical (unpaired) electrons. The molecule has 1 saturated heterocycles. The highest BCUT2D eigenvalue weighted by Gasteiger charge is 2.29. The number of hydrogen-bond donors (Lipinski definition) is 1. The lowest BCUT2D eigenvalue weighted by Gasteiger charge is -2.25. The topological polar surface area (TPSA) is 12.0 Å². The van der Waals surface area contributed by atoms with Crippen molar-refractivity contribution >= 4 is 0 Å². The van der Waals surface area contributed by atoms with Gasteiger partial charge in [-0.05, 0) is 49.1 Å². The maximum absolute atomic E-state index is 3.63. The van der Waals surface area contributed by atoms with Crippen molar-refractivity contribution in [1.82, 2.24) is 5.32 Å². The van der Waals surface area contributed by atoms with Crippen molar-refractivity contribution in [2.24, 2.45) is 0 Å². The fourth-order valence-electron chi connectivity index (χ4n) is 2.81. The standard InChI is InChI=1S/C17H19N/c1-17(11-6-12-18-17)16-10-5-9-15(13-16)14-7-3-2-4-8-14/h2-5,7-10,13,18H,6,11-12H2,1H3. The number of benzene rings is 2. The Kier molecular flexibility index (Phi) is 2.92. The van der Waals surface area contributed by atoms with Gasteiger partial charge in [-0.25, -0.2) is 0 Å². The van der Waals surface area contributed by atoms with Gasteiger partial charge >= 0.3 is 0 Å². The summed E-state index contributed by atoms with van der Waals surface area (Å²) in [5.74, 6) is 0. The predicted octanol–water partition coefficient (Wildman–Crippen LogP) is 3.95. The Morgan fingerprint density at radius 1 is 0.944 bits per heavy atom. The lowest BCUT2D eigenvalue weighted by atomic mass is 9.88. The predicted molar refractivity (Wildman–Crippen MR) is 76.5 cm³/mol. The lowest BCUT2D eigenvalue weighted by molar-refractivity contribution is 0.435. The Bertz CT molecular complexity index is 524. The van der Waals surface area contributed by atoms with Crippen LogP contribution in [0, 0.1) is 0 Å². The molecule has 2 aromatic carbocycles. The van der Waals surface area contributed by atoms with Gasteiger partial charge in [-0.2, -0.15) is 0 Å². The quantitative estimate of drug-likeness (QED) is 0.834. The second kappa shape index (κ2) is 4.58. The summed E-state index contributed by atoms with van der Waals surface area (Å²) in [7, 11) is 0. The molecule has 18 heavy (non-hydrogen) atoms. The second-order valence-corrected chi connectivity index (χ2v) is 5.31. The van der Waals surface area contributed by atoms with Crippen LogP contribution in [0.2, 0.25) is 0 Å². The molecular weight excluding hydrogens is 218 g/mol. The van der Waals surface area contributed by atoms with Crippen LogP contribution in [0.3, 0.4) is 0 Å². The molecule has 3 rings (SSSR count). The van der Waals surface area contributed by atoms with E-state index >= 15 is 0 Å². The van der Waals surface area contributed by atoms with Crippen LogP contribution in [-0.2, 0) is 5.54 Å². The molecule has 92 valence electrons. The molecule has 0 aromatic heterocycles. The fourth-order valence-corrected chi connectivity index (χ4v) is 2.81. The molecule has 1 nitrogen and oxygen atoms in total. The Hall–Kier alpha value is -1.60. The van der Waals surface area contributed by atoms with Crippen LogP contribution in [0.5, 0.6) is 0 Å². The molecule has 1 unspecified atom stereocenters. The van der Waals surface area contributed by atoms with Crippen molar-refractivity contribution in [2.45, 2.75) is 25.3 Å². The Labute approximate surface area is 109 Å². The molecule has 0 bridgehead atoms. The van der Waals surface area contributed by atoms with E-state index in [2.05, 4.69) is 66.8 Å². The van der Waals surface area contributed by atoms with E-state index in [1.54, 1.807) is 0 Å². The van der Waals surface area contributed by atoms with Crippen LogP contribution in [0.25, 0.3) is 11.1 Å². The number of hydrogen-bond acceptors (Lipinski definition) is 1. The SMILES string of the molecule is CC1(c2cccc(-c3ccccc3)c2)CCCN1. The molecule has 1 fully saturated rings. The molecule has 1 atom stereocenters. The van der Waals surface area contributed by atoms with E-state index < -0.39 is 0 Å². The van der Waals surface area contributed by atoms with Crippen molar-refractivity contribution in [3.8, 4) is 11.1 Å². The summed E-state index contributed by atoms with van der Waals surface area (Å²) in [5, 5.41) is 3.63. The lowest BCUT2D eigenvalue weighted by Crippen LogP contribution is -2.33. The van der Waals surface area contributed by atoms with Gasteiger partial charge in [-0.15, -0.1) is 0 Å². The summed E-state index contributed by atoms with van der Waals surface area (Å²) >= 11 is 0. The van der Waals surface area contributed by atoms with Gasteiger partial charge in [0.2, 0.25) is 0 Å². The average molecular weight is 237 g/mol. The number of nitrogens with one attached hydrogen (secondary N) is 1. The van der Waals surface area contributed by atoms with Crippen LogP contribution in [0.15, 0.2) is 54.6 Å². The number of rotatable bonds is 2. The molecule has 1 aliphatic rings. The van der Waals surface area contributed by atoms with E-state index in [4.69, 9.17) is 0 Å². The minimum atomic E-state index is 0.158. The van der Waals surface area contributed by atoms with Crippen LogP contribution >= 0.6 is 0 Å². The van der Waals surface area contributed by atoms with Crippen LogP contribution in [0.4, 0.5) is 0 Å². The van der Waals surface area contributed by atoms with E-state index in [0.717, 1.165) is 6.54 Å². The fraction of sp³-hybridized carbons (Fsp3) is 0.294. The molecule has 0 spiro atoms. The summed E-state index contributed by atoms with van der Waals surface area (Å²) in [4.78, 5) is 0. The first-order valence-corrected chi connectivity index (χ1v) is 6.69. The molecule has 2 aromatic rings. The van der Waals surface area contributed by atoms with Crippen molar-refractivity contribution in [3.05, 3.63) is 60.2 Å². The first-order valence-electron chi connectivity index (χ1n) is 6.69. The first kappa shape index (κ1) is 11.5. The summed E-state index contributed by atoms with van der Waals surface area (Å²) in [6, 6.07) is 19.5. The van der Waals surface area contributed by atoms with Gasteiger partial charge in [0.1, 0.15) is 0 Å². The Morgan fingerprint density at radius 2 is 1.72 bits per heavy atom. The molecule has 1 heteroatoms. The first-order chi connectivity index (χ1) is 8.78. The van der Waals surface area contributed by atoms with Gasteiger partial charge in [-0.1, -0.05) is 48.5 Å². The van der Waals surface area contributed by atoms with E-state index in [1.165, 1.54) is 29.5 Å². The zero-order valence-corrected chi connectivity index (χ0v) is 10.8. The van der Waals surface area contributed by atoms with Crippen molar-refractivity contribution in [3.63, 3.8) is 0 Å². The van der Waals surface area contributed by atoms with Crippen LogP contribution < -0.4 is 5.32 Å². The molecule has 0 saturated carbocycles. The zero-order chi connectivity index (χ0) is 12.4. The van der Waals surface area contributed by atoms with Gasteiger partial charge < -0.3 is 5.32 Å². The molecule has 1 aliphatic heterocycles. The largest absolute Gasteiger partial charge is 0.308 e. The van der Waals surface area contributed by atoms with E-state index in [0.29, 0.717) is 0 Å². The highest BCUT2D eigenvalue weighted by Crippen LogP contribution is 2.32. The van der Waals surface area contributed by atoms with Crippen molar-refractivity contribution < 1.29 is 0 Å². The molecular formula is C17H19N. The average Bonchev–Trinajstić information content (AvgIpc) is 2.88. The van der Waals surface area contributed by atoms with E-state index in [1.807, 2.05) is 0 Å². The third kappa shape index (κ3) is 2.06. The maximum atomic E-state index is 3.63. The zero-order valence-electron chi connectivity index (χ0n) is 10.8. The molecule has 1 heterocycles. The minimum Gasteiger partial charge on any atom is -0.308 e. The van der Waals surface area contributed by atoms with Gasteiger partial charge in [0.25, 0.3) is 0 Å². The highest BCUT2D eigenvalue weighted by molar-refractivity contribution is 5.64. The minimum absolute atomic E-state index is 0.158. The van der Waals surface area contributed by atoms with Gasteiger partial charge in [-0.3, -0.25) is 0 Å². The Morgan fingerprint density at radius 3 is 2.44 bits per heavy atom. The van der Waals surface area contributed by atoms with Crippen LogP contribution in [-0.4, -0.2) is 6.54 Å². The smallest absolute Gasteiger partial charge is 0.0406 e. The van der Waals surface area contributed by atoms with Gasteiger partial charge in [0.15, 0.2) is 0 Å². The summed E-state index contributed by atoms with van der Waals surface area (Å²) in [6.07, 6.45) is 2.50. The molecule has 1 N–H and O–H groups in total. The van der Waals surface area contributed by atoms with Crippen molar-refractivity contribution in [2.75, 3.05) is 6.54 Å². The van der Waals surface area contributed by atoms with Crippen LogP contribution in [0.1, 0.15) is 25.3 Å². The normalized spacial score (nSPS) is 23.2. The maximum Gasteiger partial charge on any atom is 0.0406 e. The van der Waals surface area contributed by atoms with E-state index in [9.17, 15) is 0 Å². The second-order valence-electron chi connectivity index (χ2n) is 5.31. The summed E-state index contributed by atoms with van der Waals surface area (Å²) in [6.45, 7) is 3.44. The molecule has 0 amide bonds. The summed E-state index contributed by atoms with van der Waals surface area (Å²) < 4.78 is 0. The van der Waals surface area contributed by atoms with Gasteiger partial charge in [0, 0.05) is 5.54 Å². The summed E-state index contributed by atoms with van der Waals surface area (Å²) in [5.41, 5.74) is 4.16. The third-order valence-corrected chi connectivity index (χ3v) is 3.98.